The second kappa shape index (κ2) is 13.4. The van der Waals surface area contributed by atoms with Crippen molar-refractivity contribution in [1.29, 1.82) is 0 Å². The molecule has 1 amide bonds. The van der Waals surface area contributed by atoms with Crippen LogP contribution in [-0.2, 0) is 16.1 Å². The van der Waals surface area contributed by atoms with Crippen LogP contribution in [0.4, 0.5) is 0 Å². The molecular weight excluding hydrogens is 482 g/mol. The van der Waals surface area contributed by atoms with Crippen LogP contribution < -0.4 is 4.89 Å². The maximum absolute atomic E-state index is 13.4. The van der Waals surface area contributed by atoms with Gasteiger partial charge in [-0.25, -0.2) is 4.79 Å². The third-order valence-electron chi connectivity index (χ3n) is 6.19. The molecule has 0 radical (unpaired) electrons. The van der Waals surface area contributed by atoms with E-state index < -0.39 is 5.97 Å². The molecule has 5 nitrogen and oxygen atoms in total. The molecule has 0 aliphatic heterocycles. The number of aryl methyl sites for hydroxylation is 1. The Kier molecular flexibility index (Phi) is 9.49. The largest absolute Gasteiger partial charge is 0.352 e. The third kappa shape index (κ3) is 7.79. The Morgan fingerprint density at radius 3 is 2.19 bits per heavy atom. The summed E-state index contributed by atoms with van der Waals surface area (Å²) in [6.45, 7) is 2.59. The molecule has 0 atom stereocenters. The first-order valence-corrected chi connectivity index (χ1v) is 13.4. The number of nitrogens with zero attached hydrogens (tertiary/aromatic N) is 1. The molecule has 0 spiro atoms. The number of thiophene rings is 1. The first-order chi connectivity index (χ1) is 18.1. The maximum atomic E-state index is 13.4. The molecular formula is C31H31NO4S. The molecule has 6 heteroatoms. The van der Waals surface area contributed by atoms with E-state index in [0.717, 1.165) is 30.4 Å². The lowest BCUT2D eigenvalue weighted by Gasteiger charge is -2.26. The molecule has 0 saturated heterocycles. The van der Waals surface area contributed by atoms with E-state index >= 15 is 0 Å². The van der Waals surface area contributed by atoms with E-state index in [0.29, 0.717) is 18.8 Å². The first-order valence-electron chi connectivity index (χ1n) is 12.5. The highest BCUT2D eigenvalue weighted by atomic mass is 32.1. The Morgan fingerprint density at radius 1 is 0.865 bits per heavy atom. The Morgan fingerprint density at radius 2 is 1.57 bits per heavy atom. The molecule has 1 aromatic heterocycles. The molecule has 3 aromatic carbocycles. The monoisotopic (exact) mass is 513 g/mol. The fourth-order valence-electron chi connectivity index (χ4n) is 4.40. The third-order valence-corrected chi connectivity index (χ3v) is 6.88. The number of benzene rings is 3. The molecule has 0 bridgehead atoms. The van der Waals surface area contributed by atoms with Crippen molar-refractivity contribution in [3.8, 4) is 5.75 Å². The van der Waals surface area contributed by atoms with Crippen molar-refractivity contribution < 1.29 is 19.4 Å². The lowest BCUT2D eigenvalue weighted by molar-refractivity contribution is -0.210. The van der Waals surface area contributed by atoms with Gasteiger partial charge in [-0.2, -0.15) is 11.3 Å². The Labute approximate surface area is 222 Å². The summed E-state index contributed by atoms with van der Waals surface area (Å²) in [5, 5.41) is 3.85. The highest BCUT2D eigenvalue weighted by molar-refractivity contribution is 7.08. The molecule has 4 rings (SSSR count). The summed E-state index contributed by atoms with van der Waals surface area (Å²) in [6, 6.07) is 30.3. The molecule has 1 heterocycles. The van der Waals surface area contributed by atoms with E-state index in [2.05, 4.69) is 53.4 Å². The van der Waals surface area contributed by atoms with Crippen LogP contribution in [0, 0.1) is 0 Å². The minimum Gasteiger partial charge on any atom is -0.339 e. The van der Waals surface area contributed by atoms with Gasteiger partial charge in [0.25, 0.3) is 5.91 Å². The van der Waals surface area contributed by atoms with Gasteiger partial charge in [0.1, 0.15) is 0 Å². The zero-order valence-corrected chi connectivity index (χ0v) is 21.7. The number of carbonyl (C=O) groups is 2. The molecule has 0 fully saturated rings. The van der Waals surface area contributed by atoms with E-state index in [1.807, 2.05) is 52.1 Å². The summed E-state index contributed by atoms with van der Waals surface area (Å²) >= 11 is 1.54. The normalized spacial score (nSPS) is 10.8. The SMILES string of the molecule is CC(=O)OOc1cccc(CCCN(CCC(c2ccccc2)c2ccccc2)C(=O)c2ccsc2)c1. The van der Waals surface area contributed by atoms with Crippen LogP contribution in [0.2, 0.25) is 0 Å². The molecule has 0 unspecified atom stereocenters. The van der Waals surface area contributed by atoms with Gasteiger partial charge in [-0.15, -0.1) is 0 Å². The van der Waals surface area contributed by atoms with Gasteiger partial charge in [0.2, 0.25) is 0 Å². The first kappa shape index (κ1) is 26.2. The Hall–Kier alpha value is -3.90. The van der Waals surface area contributed by atoms with Crippen molar-refractivity contribution >= 4 is 23.2 Å². The summed E-state index contributed by atoms with van der Waals surface area (Å²) in [4.78, 5) is 36.1. The van der Waals surface area contributed by atoms with E-state index in [-0.39, 0.29) is 11.8 Å². The van der Waals surface area contributed by atoms with E-state index in [1.54, 1.807) is 6.07 Å². The zero-order chi connectivity index (χ0) is 25.9. The highest BCUT2D eigenvalue weighted by Crippen LogP contribution is 2.28. The molecule has 37 heavy (non-hydrogen) atoms. The van der Waals surface area contributed by atoms with E-state index in [1.165, 1.54) is 29.4 Å². The van der Waals surface area contributed by atoms with Gasteiger partial charge in [-0.1, -0.05) is 72.8 Å². The standard InChI is InChI=1S/C31H31NO4S/c1-24(33)35-36-29-16-8-10-25(22-29)11-9-19-32(31(34)28-18-21-37-23-28)20-17-30(26-12-4-2-5-13-26)27-14-6-3-7-15-27/h2-8,10,12-16,18,21-23,30H,9,11,17,19-20H2,1H3. The number of hydrogen-bond donors (Lipinski definition) is 0. The summed E-state index contributed by atoms with van der Waals surface area (Å²) in [7, 11) is 0. The number of rotatable bonds is 12. The number of hydrogen-bond acceptors (Lipinski definition) is 5. The minimum absolute atomic E-state index is 0.0630. The number of amides is 1. The Bertz CT molecular complexity index is 1220. The summed E-state index contributed by atoms with van der Waals surface area (Å²) in [6.07, 6.45) is 2.40. The van der Waals surface area contributed by atoms with Crippen LogP contribution in [0.25, 0.3) is 0 Å². The van der Waals surface area contributed by atoms with Gasteiger partial charge in [-0.3, -0.25) is 14.6 Å². The predicted octanol–water partition coefficient (Wildman–Crippen LogP) is 6.90. The average Bonchev–Trinajstić information content (AvgIpc) is 3.47. The van der Waals surface area contributed by atoms with Crippen molar-refractivity contribution in [2.24, 2.45) is 0 Å². The lowest BCUT2D eigenvalue weighted by atomic mass is 9.88. The van der Waals surface area contributed by atoms with Crippen LogP contribution in [0.5, 0.6) is 5.75 Å². The van der Waals surface area contributed by atoms with Crippen LogP contribution in [0.15, 0.2) is 102 Å². The topological polar surface area (TPSA) is 55.8 Å². The second-order valence-electron chi connectivity index (χ2n) is 8.88. The smallest absolute Gasteiger partial charge is 0.339 e. The summed E-state index contributed by atoms with van der Waals surface area (Å²) in [5.74, 6) is 0.244. The van der Waals surface area contributed by atoms with Gasteiger partial charge in [0.05, 0.1) is 5.56 Å². The zero-order valence-electron chi connectivity index (χ0n) is 20.9. The van der Waals surface area contributed by atoms with Crippen LogP contribution in [0.1, 0.15) is 52.7 Å². The van der Waals surface area contributed by atoms with Gasteiger partial charge in [0.15, 0.2) is 5.75 Å². The maximum Gasteiger partial charge on any atom is 0.352 e. The van der Waals surface area contributed by atoms with Crippen LogP contribution >= 0.6 is 11.3 Å². The van der Waals surface area contributed by atoms with Crippen LogP contribution in [0.3, 0.4) is 0 Å². The highest BCUT2D eigenvalue weighted by Gasteiger charge is 2.20. The van der Waals surface area contributed by atoms with Crippen molar-refractivity contribution in [3.63, 3.8) is 0 Å². The van der Waals surface area contributed by atoms with Gasteiger partial charge < -0.3 is 4.90 Å². The minimum atomic E-state index is -0.503. The Balaban J connectivity index is 1.45. The molecule has 0 N–H and O–H groups in total. The number of carbonyl (C=O) groups excluding carboxylic acids is 2. The van der Waals surface area contributed by atoms with E-state index in [4.69, 9.17) is 4.89 Å². The second-order valence-corrected chi connectivity index (χ2v) is 9.66. The quantitative estimate of drug-likeness (QED) is 0.153. The summed E-state index contributed by atoms with van der Waals surface area (Å²) in [5.41, 5.74) is 4.29. The molecule has 0 aliphatic carbocycles. The fraction of sp³-hybridized carbons (Fsp3) is 0.226. The molecule has 0 saturated carbocycles. The van der Waals surface area contributed by atoms with Gasteiger partial charge >= 0.3 is 5.97 Å². The van der Waals surface area contributed by atoms with E-state index in [9.17, 15) is 9.59 Å². The average molecular weight is 514 g/mol. The van der Waals surface area contributed by atoms with Crippen molar-refractivity contribution in [1.82, 2.24) is 4.90 Å². The molecule has 0 aliphatic rings. The van der Waals surface area contributed by atoms with Gasteiger partial charge in [0, 0.05) is 31.3 Å². The van der Waals surface area contributed by atoms with Gasteiger partial charge in [-0.05, 0) is 59.5 Å². The predicted molar refractivity (Wildman–Crippen MR) is 147 cm³/mol. The van der Waals surface area contributed by atoms with Crippen molar-refractivity contribution in [2.45, 2.75) is 32.1 Å². The van der Waals surface area contributed by atoms with Crippen LogP contribution in [-0.4, -0.2) is 29.9 Å². The fourth-order valence-corrected chi connectivity index (χ4v) is 5.03. The molecule has 190 valence electrons. The summed E-state index contributed by atoms with van der Waals surface area (Å²) < 4.78 is 0. The molecule has 4 aromatic rings. The van der Waals surface area contributed by atoms with Crippen molar-refractivity contribution in [3.05, 3.63) is 124 Å². The lowest BCUT2D eigenvalue weighted by Crippen LogP contribution is -2.33. The van der Waals surface area contributed by atoms with Crippen molar-refractivity contribution in [2.75, 3.05) is 13.1 Å².